The second-order valence-electron chi connectivity index (χ2n) is 8.99. The summed E-state index contributed by atoms with van der Waals surface area (Å²) in [5, 5.41) is 12.0. The first-order valence-corrected chi connectivity index (χ1v) is 15.5. The van der Waals surface area contributed by atoms with E-state index >= 15 is 0 Å². The van der Waals surface area contributed by atoms with Gasteiger partial charge >= 0.3 is 0 Å². The van der Waals surface area contributed by atoms with Crippen LogP contribution in [-0.2, 0) is 19.6 Å². The monoisotopic (exact) mass is 594 g/mol. The average Bonchev–Trinajstić information content (AvgIpc) is 3.54. The lowest BCUT2D eigenvalue weighted by Gasteiger charge is -2.34. The minimum atomic E-state index is -3.97. The molecule has 2 saturated heterocycles. The first-order chi connectivity index (χ1) is 18.1. The molecule has 2 aliphatic heterocycles. The van der Waals surface area contributed by atoms with Gasteiger partial charge in [0.2, 0.25) is 11.8 Å². The zero-order valence-corrected chi connectivity index (χ0v) is 23.1. The summed E-state index contributed by atoms with van der Waals surface area (Å²) in [4.78, 5) is 40.2. The van der Waals surface area contributed by atoms with Crippen molar-refractivity contribution in [2.24, 2.45) is 0 Å². The summed E-state index contributed by atoms with van der Waals surface area (Å²) in [6.45, 7) is 0.599. The molecule has 38 heavy (non-hydrogen) atoms. The number of thioether (sulfide) groups is 1. The first kappa shape index (κ1) is 26.9. The summed E-state index contributed by atoms with van der Waals surface area (Å²) in [6.07, 6.45) is 0.868. The molecule has 2 fully saturated rings. The zero-order chi connectivity index (χ0) is 27.0. The number of hydrogen-bond donors (Lipinski definition) is 1. The fourth-order valence-corrected chi connectivity index (χ4v) is 8.69. The minimum absolute atomic E-state index is 0.0505. The number of nitrogens with zero attached hydrogens (tertiary/aromatic N) is 3. The number of amides is 2. The van der Waals surface area contributed by atoms with Crippen LogP contribution in [0.2, 0.25) is 5.02 Å². The van der Waals surface area contributed by atoms with Crippen molar-refractivity contribution in [1.82, 2.24) is 14.5 Å². The number of nitrogens with one attached hydrogen (secondary N) is 1. The molecule has 2 atom stereocenters. The summed E-state index contributed by atoms with van der Waals surface area (Å²) < 4.78 is 29.5. The number of nitro groups is 1. The second-order valence-corrected chi connectivity index (χ2v) is 13.6. The Morgan fingerprint density at radius 2 is 2.00 bits per heavy atom. The van der Waals surface area contributed by atoms with Crippen molar-refractivity contribution >= 4 is 72.3 Å². The smallest absolute Gasteiger partial charge is 0.269 e. The predicted molar refractivity (Wildman–Crippen MR) is 147 cm³/mol. The minimum Gasteiger partial charge on any atom is -0.332 e. The van der Waals surface area contributed by atoms with Crippen molar-refractivity contribution < 1.29 is 22.9 Å². The summed E-state index contributed by atoms with van der Waals surface area (Å²) in [5.74, 6) is -0.0728. The lowest BCUT2D eigenvalue weighted by Crippen LogP contribution is -2.54. The number of rotatable bonds is 7. The van der Waals surface area contributed by atoms with E-state index in [0.29, 0.717) is 47.7 Å². The van der Waals surface area contributed by atoms with Crippen molar-refractivity contribution in [3.8, 4) is 0 Å². The largest absolute Gasteiger partial charge is 0.332 e. The fourth-order valence-electron chi connectivity index (χ4n) is 4.62. The van der Waals surface area contributed by atoms with Crippen molar-refractivity contribution in [2.45, 2.75) is 28.5 Å². The van der Waals surface area contributed by atoms with Crippen molar-refractivity contribution in [3.63, 3.8) is 0 Å². The Morgan fingerprint density at radius 3 is 2.79 bits per heavy atom. The van der Waals surface area contributed by atoms with Gasteiger partial charge in [0.1, 0.15) is 15.6 Å². The van der Waals surface area contributed by atoms with Crippen LogP contribution in [0.15, 0.2) is 52.7 Å². The lowest BCUT2D eigenvalue weighted by atomic mass is 10.1. The highest BCUT2D eigenvalue weighted by molar-refractivity contribution is 7.99. The number of carbonyl (C=O) groups excluding carboxylic acids is 2. The van der Waals surface area contributed by atoms with E-state index in [0.717, 1.165) is 16.0 Å². The summed E-state index contributed by atoms with van der Waals surface area (Å²) in [5.41, 5.74) is 0.598. The van der Waals surface area contributed by atoms with Crippen LogP contribution in [-0.4, -0.2) is 66.4 Å². The number of thiophene rings is 1. The first-order valence-electron chi connectivity index (χ1n) is 11.8. The normalized spacial score (nSPS) is 20.3. The quantitative estimate of drug-likeness (QED) is 0.323. The molecular formula is C24H23ClN4O6S3. The molecule has 1 aromatic heterocycles. The Bertz CT molecular complexity index is 1530. The Balaban J connectivity index is 1.27. The Labute approximate surface area is 232 Å². The maximum atomic E-state index is 13.2. The van der Waals surface area contributed by atoms with Crippen molar-refractivity contribution in [2.75, 3.05) is 25.4 Å². The van der Waals surface area contributed by atoms with Crippen LogP contribution < -0.4 is 4.72 Å². The van der Waals surface area contributed by atoms with Crippen LogP contribution in [0.25, 0.3) is 10.1 Å². The third kappa shape index (κ3) is 5.52. The number of benzene rings is 2. The van der Waals surface area contributed by atoms with E-state index in [2.05, 4.69) is 4.72 Å². The third-order valence-electron chi connectivity index (χ3n) is 6.45. The third-order valence-corrected chi connectivity index (χ3v) is 11.0. The lowest BCUT2D eigenvalue weighted by molar-refractivity contribution is -0.384. The number of nitro benzene ring substituents is 1. The van der Waals surface area contributed by atoms with Gasteiger partial charge < -0.3 is 9.80 Å². The van der Waals surface area contributed by atoms with Crippen molar-refractivity contribution in [3.05, 3.63) is 69.2 Å². The molecule has 3 heterocycles. The van der Waals surface area contributed by atoms with Gasteiger partial charge in [-0.3, -0.25) is 19.7 Å². The standard InChI is InChI=1S/C24H23ClN4O6S3/c25-17-6-7-20-16(11-17)13-22(37-20)38(34,35)26-19-5-2-8-27(23(19)31)14-21(30)28-9-10-36-24(28)15-3-1-4-18(12-15)29(32)33/h1,3-4,6-7,11-13,19,24,26H,2,5,8-10,14H2/t19-,24?/m0/s1. The van der Waals surface area contributed by atoms with E-state index in [4.69, 9.17) is 11.6 Å². The van der Waals surface area contributed by atoms with Crippen LogP contribution in [0.3, 0.4) is 0 Å². The van der Waals surface area contributed by atoms with Gasteiger partial charge in [-0.15, -0.1) is 23.1 Å². The molecule has 2 aliphatic rings. The molecule has 5 rings (SSSR count). The Kier molecular flexibility index (Phi) is 7.65. The SMILES string of the molecule is O=C1[C@@H](NS(=O)(=O)c2cc3cc(Cl)ccc3s2)CCCN1CC(=O)N1CCSC1c1cccc([N+](=O)[O-])c1. The number of piperidine rings is 1. The van der Waals surface area contributed by atoms with Gasteiger partial charge in [-0.1, -0.05) is 23.7 Å². The number of non-ortho nitro benzene ring substituents is 1. The molecule has 10 nitrogen and oxygen atoms in total. The highest BCUT2D eigenvalue weighted by atomic mass is 35.5. The zero-order valence-electron chi connectivity index (χ0n) is 19.9. The number of sulfonamides is 1. The maximum Gasteiger partial charge on any atom is 0.269 e. The molecule has 2 aromatic carbocycles. The second kappa shape index (κ2) is 10.8. The van der Waals surface area contributed by atoms with Crippen LogP contribution in [0.1, 0.15) is 23.8 Å². The number of likely N-dealkylation sites (tertiary alicyclic amines) is 1. The van der Waals surface area contributed by atoms with E-state index in [1.54, 1.807) is 35.2 Å². The fraction of sp³-hybridized carbons (Fsp3) is 0.333. The molecule has 14 heteroatoms. The number of halogens is 1. The summed E-state index contributed by atoms with van der Waals surface area (Å²) >= 11 is 8.61. The highest BCUT2D eigenvalue weighted by Crippen LogP contribution is 2.39. The van der Waals surface area contributed by atoms with Crippen LogP contribution >= 0.6 is 34.7 Å². The van der Waals surface area contributed by atoms with Gasteiger partial charge in [0.25, 0.3) is 15.7 Å². The van der Waals surface area contributed by atoms with Gasteiger partial charge in [-0.05, 0) is 48.1 Å². The van der Waals surface area contributed by atoms with E-state index in [1.165, 1.54) is 34.9 Å². The van der Waals surface area contributed by atoms with Gasteiger partial charge in [0, 0.05) is 40.7 Å². The van der Waals surface area contributed by atoms with Crippen LogP contribution in [0, 0.1) is 10.1 Å². The van der Waals surface area contributed by atoms with Gasteiger partial charge in [0.15, 0.2) is 0 Å². The van der Waals surface area contributed by atoms with Gasteiger partial charge in [-0.25, -0.2) is 8.42 Å². The highest BCUT2D eigenvalue weighted by Gasteiger charge is 2.37. The Hall–Kier alpha value is -2.71. The van der Waals surface area contributed by atoms with E-state index < -0.39 is 32.3 Å². The molecule has 0 radical (unpaired) electrons. The Morgan fingerprint density at radius 1 is 1.18 bits per heavy atom. The van der Waals surface area contributed by atoms with Crippen LogP contribution in [0.5, 0.6) is 0 Å². The summed E-state index contributed by atoms with van der Waals surface area (Å²) in [6, 6.07) is 11.9. The predicted octanol–water partition coefficient (Wildman–Crippen LogP) is 4.01. The van der Waals surface area contributed by atoms with Gasteiger partial charge in [0.05, 0.1) is 11.5 Å². The molecule has 0 aliphatic carbocycles. The van der Waals surface area contributed by atoms with E-state index in [1.807, 2.05) is 0 Å². The molecule has 1 unspecified atom stereocenters. The number of fused-ring (bicyclic) bond motifs is 1. The summed E-state index contributed by atoms with van der Waals surface area (Å²) in [7, 11) is -3.97. The van der Waals surface area contributed by atoms with Crippen LogP contribution in [0.4, 0.5) is 5.69 Å². The molecule has 0 bridgehead atoms. The maximum absolute atomic E-state index is 13.2. The number of hydrogen-bond acceptors (Lipinski definition) is 8. The molecule has 0 saturated carbocycles. The molecule has 3 aromatic rings. The topological polar surface area (TPSA) is 130 Å². The molecule has 2 amide bonds. The molecule has 0 spiro atoms. The van der Waals surface area contributed by atoms with E-state index in [9.17, 15) is 28.1 Å². The average molecular weight is 595 g/mol. The molecular weight excluding hydrogens is 572 g/mol. The number of carbonyl (C=O) groups is 2. The molecule has 1 N–H and O–H groups in total. The van der Waals surface area contributed by atoms with E-state index in [-0.39, 0.29) is 22.3 Å². The molecule has 200 valence electrons. The van der Waals surface area contributed by atoms with Gasteiger partial charge in [-0.2, -0.15) is 4.72 Å². The van der Waals surface area contributed by atoms with Crippen molar-refractivity contribution in [1.29, 1.82) is 0 Å².